The highest BCUT2D eigenvalue weighted by Crippen LogP contribution is 2.22. The molecular weight excluding hydrogens is 268 g/mol. The number of fused-ring (bicyclic) bond motifs is 1. The normalized spacial score (nSPS) is 11.0. The van der Waals surface area contributed by atoms with E-state index in [-0.39, 0.29) is 5.69 Å². The Balaban J connectivity index is 1.95. The molecule has 3 N–H and O–H groups in total. The van der Waals surface area contributed by atoms with Crippen molar-refractivity contribution >= 4 is 16.8 Å². The lowest BCUT2D eigenvalue weighted by atomic mass is 10.1. The minimum atomic E-state index is -0.461. The van der Waals surface area contributed by atoms with E-state index in [2.05, 4.69) is 40.9 Å². The van der Waals surface area contributed by atoms with E-state index < -0.39 is 5.91 Å². The van der Waals surface area contributed by atoms with Gasteiger partial charge in [-0.2, -0.15) is 0 Å². The summed E-state index contributed by atoms with van der Waals surface area (Å²) in [6.07, 6.45) is 2.97. The van der Waals surface area contributed by atoms with Crippen molar-refractivity contribution in [2.45, 2.75) is 19.9 Å². The Morgan fingerprint density at radius 2 is 2.29 bits per heavy atom. The molecule has 0 saturated heterocycles. The van der Waals surface area contributed by atoms with Gasteiger partial charge < -0.3 is 9.09 Å². The third kappa shape index (κ3) is 2.41. The Labute approximate surface area is 121 Å². The molecule has 0 aliphatic heterocycles. The topological polar surface area (TPSA) is 86.1 Å². The Bertz CT molecular complexity index is 788. The van der Waals surface area contributed by atoms with Crippen molar-refractivity contribution < 1.29 is 9.32 Å². The molecule has 0 saturated carbocycles. The van der Waals surface area contributed by atoms with Crippen molar-refractivity contribution in [2.24, 2.45) is 5.84 Å². The summed E-state index contributed by atoms with van der Waals surface area (Å²) in [6, 6.07) is 9.93. The molecule has 0 unspecified atom stereocenters. The fourth-order valence-electron chi connectivity index (χ4n) is 2.49. The van der Waals surface area contributed by atoms with E-state index in [9.17, 15) is 4.79 Å². The van der Waals surface area contributed by atoms with E-state index in [1.807, 2.05) is 11.6 Å². The maximum Gasteiger partial charge on any atom is 0.287 e. The number of aryl methyl sites for hydroxylation is 1. The second-order valence-corrected chi connectivity index (χ2v) is 4.80. The molecule has 0 bridgehead atoms. The van der Waals surface area contributed by atoms with Crippen molar-refractivity contribution in [3.63, 3.8) is 0 Å². The summed E-state index contributed by atoms with van der Waals surface area (Å²) in [4.78, 5) is 11.4. The van der Waals surface area contributed by atoms with Gasteiger partial charge in [0.2, 0.25) is 0 Å². The first kappa shape index (κ1) is 13.4. The second-order valence-electron chi connectivity index (χ2n) is 4.80. The Kier molecular flexibility index (Phi) is 3.45. The maximum absolute atomic E-state index is 11.4. The number of hydrogen-bond donors (Lipinski definition) is 2. The zero-order valence-electron chi connectivity index (χ0n) is 11.7. The summed E-state index contributed by atoms with van der Waals surface area (Å²) in [5.74, 6) is 5.22. The monoisotopic (exact) mass is 284 g/mol. The van der Waals surface area contributed by atoms with Crippen molar-refractivity contribution in [1.82, 2.24) is 15.1 Å². The number of amides is 1. The van der Waals surface area contributed by atoms with Crippen molar-refractivity contribution in [3.05, 3.63) is 53.5 Å². The molecule has 3 aromatic rings. The van der Waals surface area contributed by atoms with Crippen LogP contribution in [0.25, 0.3) is 10.9 Å². The third-order valence-corrected chi connectivity index (χ3v) is 3.50. The predicted molar refractivity (Wildman–Crippen MR) is 78.6 cm³/mol. The predicted octanol–water partition coefficient (Wildman–Crippen LogP) is 1.84. The van der Waals surface area contributed by atoms with E-state index in [0.29, 0.717) is 12.3 Å². The van der Waals surface area contributed by atoms with Gasteiger partial charge in [0.15, 0.2) is 11.5 Å². The number of nitrogens with two attached hydrogens (primary N) is 1. The number of carbonyl (C=O) groups is 1. The van der Waals surface area contributed by atoms with Gasteiger partial charge in [-0.15, -0.1) is 0 Å². The molecular formula is C15H16N4O2. The summed E-state index contributed by atoms with van der Waals surface area (Å²) in [5, 5.41) is 4.90. The highest BCUT2D eigenvalue weighted by atomic mass is 16.5. The molecule has 0 atom stereocenters. The summed E-state index contributed by atoms with van der Waals surface area (Å²) >= 11 is 0. The van der Waals surface area contributed by atoms with Gasteiger partial charge in [0.05, 0.1) is 12.1 Å². The van der Waals surface area contributed by atoms with Crippen LogP contribution < -0.4 is 11.3 Å². The number of para-hydroxylation sites is 1. The number of nitrogens with zero attached hydrogens (tertiary/aromatic N) is 2. The van der Waals surface area contributed by atoms with Crippen molar-refractivity contribution in [1.29, 1.82) is 0 Å². The molecule has 6 nitrogen and oxygen atoms in total. The van der Waals surface area contributed by atoms with E-state index >= 15 is 0 Å². The van der Waals surface area contributed by atoms with E-state index in [1.165, 1.54) is 16.5 Å². The molecule has 6 heteroatoms. The molecule has 2 aromatic heterocycles. The largest absolute Gasteiger partial charge is 0.359 e. The first-order valence-corrected chi connectivity index (χ1v) is 6.76. The van der Waals surface area contributed by atoms with Crippen LogP contribution in [0.1, 0.15) is 28.7 Å². The van der Waals surface area contributed by atoms with Gasteiger partial charge in [0.25, 0.3) is 5.91 Å². The highest BCUT2D eigenvalue weighted by molar-refractivity contribution is 5.91. The molecule has 0 aliphatic rings. The van der Waals surface area contributed by atoms with Gasteiger partial charge in [-0.3, -0.25) is 10.2 Å². The summed E-state index contributed by atoms with van der Waals surface area (Å²) in [7, 11) is 0. The smallest absolute Gasteiger partial charge is 0.287 e. The van der Waals surface area contributed by atoms with Gasteiger partial charge in [0.1, 0.15) is 0 Å². The van der Waals surface area contributed by atoms with Crippen LogP contribution in [0.5, 0.6) is 0 Å². The summed E-state index contributed by atoms with van der Waals surface area (Å²) in [6.45, 7) is 2.65. The van der Waals surface area contributed by atoms with Crippen LogP contribution in [-0.2, 0) is 13.0 Å². The average Bonchev–Trinajstić information content (AvgIpc) is 3.14. The lowest BCUT2D eigenvalue weighted by Gasteiger charge is -2.06. The Morgan fingerprint density at radius 3 is 3.05 bits per heavy atom. The fraction of sp³-hybridized carbons (Fsp3) is 0.200. The molecule has 3 rings (SSSR count). The fourth-order valence-corrected chi connectivity index (χ4v) is 2.49. The number of hydrogen-bond acceptors (Lipinski definition) is 4. The summed E-state index contributed by atoms with van der Waals surface area (Å²) in [5.41, 5.74) is 4.67. The highest BCUT2D eigenvalue weighted by Gasteiger charge is 2.13. The molecule has 1 amide bonds. The first-order valence-electron chi connectivity index (χ1n) is 6.76. The molecule has 0 fully saturated rings. The molecule has 21 heavy (non-hydrogen) atoms. The SMILES string of the molecule is CCc1cccc2ccn(Cc3cc(C(=O)NN)no3)c12. The number of hydrazine groups is 1. The molecule has 108 valence electrons. The Hall–Kier alpha value is -2.60. The molecule has 0 radical (unpaired) electrons. The lowest BCUT2D eigenvalue weighted by molar-refractivity contribution is 0.0944. The van der Waals surface area contributed by atoms with Crippen molar-refractivity contribution in [2.75, 3.05) is 0 Å². The average molecular weight is 284 g/mol. The molecule has 0 spiro atoms. The minimum absolute atomic E-state index is 0.180. The van der Waals surface area contributed by atoms with Crippen LogP contribution in [0, 0.1) is 0 Å². The van der Waals surface area contributed by atoms with Gasteiger partial charge in [-0.25, -0.2) is 5.84 Å². The number of rotatable bonds is 4. The van der Waals surface area contributed by atoms with E-state index in [0.717, 1.165) is 6.42 Å². The Morgan fingerprint density at radius 1 is 1.43 bits per heavy atom. The van der Waals surface area contributed by atoms with Crippen LogP contribution in [0.15, 0.2) is 41.1 Å². The number of nitrogens with one attached hydrogen (secondary N) is 1. The van der Waals surface area contributed by atoms with E-state index in [1.54, 1.807) is 6.07 Å². The van der Waals surface area contributed by atoms with Crippen LogP contribution >= 0.6 is 0 Å². The van der Waals surface area contributed by atoms with Crippen molar-refractivity contribution in [3.8, 4) is 0 Å². The molecule has 0 aliphatic carbocycles. The summed E-state index contributed by atoms with van der Waals surface area (Å²) < 4.78 is 7.29. The minimum Gasteiger partial charge on any atom is -0.359 e. The van der Waals surface area contributed by atoms with Crippen LogP contribution in [0.2, 0.25) is 0 Å². The number of carbonyl (C=O) groups excluding carboxylic acids is 1. The molecule has 2 heterocycles. The first-order chi connectivity index (χ1) is 10.2. The van der Waals surface area contributed by atoms with Gasteiger partial charge in [-0.1, -0.05) is 30.3 Å². The number of aromatic nitrogens is 2. The lowest BCUT2D eigenvalue weighted by Crippen LogP contribution is -2.30. The zero-order chi connectivity index (χ0) is 14.8. The zero-order valence-corrected chi connectivity index (χ0v) is 11.7. The second kappa shape index (κ2) is 5.41. The van der Waals surface area contributed by atoms with Crippen LogP contribution in [-0.4, -0.2) is 15.6 Å². The van der Waals surface area contributed by atoms with Crippen LogP contribution in [0.3, 0.4) is 0 Å². The van der Waals surface area contributed by atoms with Crippen LogP contribution in [0.4, 0.5) is 0 Å². The van der Waals surface area contributed by atoms with Gasteiger partial charge in [-0.05, 0) is 23.4 Å². The van der Waals surface area contributed by atoms with E-state index in [4.69, 9.17) is 10.4 Å². The quantitative estimate of drug-likeness (QED) is 0.435. The van der Waals surface area contributed by atoms with Gasteiger partial charge >= 0.3 is 0 Å². The standard InChI is InChI=1S/C15H16N4O2/c1-2-10-4-3-5-11-6-7-19(14(10)11)9-12-8-13(18-21-12)15(20)17-16/h3-8H,2,9,16H2,1H3,(H,17,20). The van der Waals surface area contributed by atoms with Gasteiger partial charge in [0, 0.05) is 12.3 Å². The number of benzene rings is 1. The third-order valence-electron chi connectivity index (χ3n) is 3.50. The maximum atomic E-state index is 11.4. The molecule has 1 aromatic carbocycles. The number of nitrogen functional groups attached to an aromatic ring is 1.